The van der Waals surface area contributed by atoms with Crippen molar-refractivity contribution in [2.75, 3.05) is 0 Å². The molecule has 0 saturated heterocycles. The molecule has 2 aromatic rings. The van der Waals surface area contributed by atoms with Crippen LogP contribution < -0.4 is 5.73 Å². The van der Waals surface area contributed by atoms with Crippen LogP contribution in [0.4, 0.5) is 0 Å². The van der Waals surface area contributed by atoms with Crippen LogP contribution in [0.1, 0.15) is 42.6 Å². The number of aromatic nitrogens is 2. The third-order valence-electron chi connectivity index (χ3n) is 3.87. The van der Waals surface area contributed by atoms with Gasteiger partial charge in [-0.1, -0.05) is 29.4 Å². The highest BCUT2D eigenvalue weighted by atomic mass is 16.5. The Hall–Kier alpha value is -2.43. The molecule has 0 spiro atoms. The number of nitrogens with zero attached hydrogens (tertiary/aromatic N) is 2. The summed E-state index contributed by atoms with van der Waals surface area (Å²) >= 11 is 0. The summed E-state index contributed by atoms with van der Waals surface area (Å²) in [5, 5.41) is 12.0. The molecule has 0 bridgehead atoms. The van der Waals surface area contributed by atoms with Crippen LogP contribution in [-0.2, 0) is 5.41 Å². The van der Waals surface area contributed by atoms with Gasteiger partial charge in [0.15, 0.2) is 5.82 Å². The Kier molecular flexibility index (Phi) is 3.12. The number of allylic oxidation sites excluding steroid dienone is 2. The lowest BCUT2D eigenvalue weighted by atomic mass is 9.91. The average Bonchev–Trinajstić information content (AvgIpc) is 3.08. The summed E-state index contributed by atoms with van der Waals surface area (Å²) in [7, 11) is 0. The third-order valence-corrected chi connectivity index (χ3v) is 3.87. The van der Waals surface area contributed by atoms with Crippen molar-refractivity contribution in [3.63, 3.8) is 0 Å². The van der Waals surface area contributed by atoms with Crippen molar-refractivity contribution >= 4 is 5.71 Å². The van der Waals surface area contributed by atoms with Crippen LogP contribution in [-0.4, -0.2) is 15.9 Å². The van der Waals surface area contributed by atoms with Crippen LogP contribution in [0.25, 0.3) is 0 Å². The Balaban J connectivity index is 1.95. The molecule has 1 fully saturated rings. The fraction of sp³-hybridized carbons (Fsp3) is 0.312. The Morgan fingerprint density at radius 3 is 2.71 bits per heavy atom. The Labute approximate surface area is 123 Å². The molecule has 1 aliphatic carbocycles. The largest absolute Gasteiger partial charge is 0.402 e. The first-order valence-electron chi connectivity index (χ1n) is 6.96. The SMILES string of the molecule is C/C(N)=C/C(=N)c1nc(C2(c3ccccc3C)CC2)no1. The van der Waals surface area contributed by atoms with E-state index in [4.69, 9.17) is 15.7 Å². The van der Waals surface area contributed by atoms with Crippen LogP contribution in [0, 0.1) is 12.3 Å². The number of nitrogens with one attached hydrogen (secondary N) is 1. The number of hydrogen-bond donors (Lipinski definition) is 2. The average molecular weight is 282 g/mol. The molecule has 0 atom stereocenters. The topological polar surface area (TPSA) is 88.8 Å². The first kappa shape index (κ1) is 13.5. The molecule has 108 valence electrons. The van der Waals surface area contributed by atoms with Gasteiger partial charge in [-0.25, -0.2) is 0 Å². The summed E-state index contributed by atoms with van der Waals surface area (Å²) in [4.78, 5) is 4.41. The molecular formula is C16H18N4O. The van der Waals surface area contributed by atoms with E-state index in [1.165, 1.54) is 17.2 Å². The lowest BCUT2D eigenvalue weighted by Gasteiger charge is -2.13. The molecule has 0 radical (unpaired) electrons. The van der Waals surface area contributed by atoms with Gasteiger partial charge in [0.25, 0.3) is 5.89 Å². The van der Waals surface area contributed by atoms with Gasteiger partial charge in [-0.3, -0.25) is 5.41 Å². The van der Waals surface area contributed by atoms with Crippen LogP contribution in [0.3, 0.4) is 0 Å². The molecular weight excluding hydrogens is 264 g/mol. The van der Waals surface area contributed by atoms with Crippen LogP contribution in [0.15, 0.2) is 40.6 Å². The second-order valence-electron chi connectivity index (χ2n) is 5.62. The fourth-order valence-electron chi connectivity index (χ4n) is 2.66. The Morgan fingerprint density at radius 2 is 2.10 bits per heavy atom. The van der Waals surface area contributed by atoms with Gasteiger partial charge in [-0.15, -0.1) is 0 Å². The molecule has 1 saturated carbocycles. The third kappa shape index (κ3) is 2.35. The standard InChI is InChI=1S/C16H18N4O/c1-10-5-3-4-6-12(10)16(7-8-16)15-19-14(21-20-15)13(18)9-11(2)17/h3-6,9,18H,7-8,17H2,1-2H3/b11-9-,18-13?. The first-order valence-corrected chi connectivity index (χ1v) is 6.96. The molecule has 21 heavy (non-hydrogen) atoms. The maximum absolute atomic E-state index is 7.89. The molecule has 0 amide bonds. The van der Waals surface area contributed by atoms with Crippen molar-refractivity contribution in [1.82, 2.24) is 10.1 Å². The second kappa shape index (κ2) is 4.84. The molecule has 1 aliphatic rings. The predicted molar refractivity (Wildman–Crippen MR) is 80.3 cm³/mol. The highest BCUT2D eigenvalue weighted by Crippen LogP contribution is 2.53. The Bertz CT molecular complexity index is 721. The molecule has 1 heterocycles. The van der Waals surface area contributed by atoms with E-state index >= 15 is 0 Å². The van der Waals surface area contributed by atoms with E-state index in [9.17, 15) is 0 Å². The van der Waals surface area contributed by atoms with Gasteiger partial charge in [0.2, 0.25) is 0 Å². The van der Waals surface area contributed by atoms with Gasteiger partial charge >= 0.3 is 0 Å². The zero-order valence-corrected chi connectivity index (χ0v) is 12.2. The van der Waals surface area contributed by atoms with Crippen molar-refractivity contribution in [2.45, 2.75) is 32.1 Å². The number of nitrogens with two attached hydrogens (primary N) is 1. The monoisotopic (exact) mass is 282 g/mol. The lowest BCUT2D eigenvalue weighted by molar-refractivity contribution is 0.400. The predicted octanol–water partition coefficient (Wildman–Crippen LogP) is 2.69. The zero-order chi connectivity index (χ0) is 15.0. The van der Waals surface area contributed by atoms with Crippen LogP contribution in [0.5, 0.6) is 0 Å². The molecule has 0 unspecified atom stereocenters. The number of hydrogen-bond acceptors (Lipinski definition) is 5. The summed E-state index contributed by atoms with van der Waals surface area (Å²) in [6.07, 6.45) is 3.54. The summed E-state index contributed by atoms with van der Waals surface area (Å²) < 4.78 is 5.23. The van der Waals surface area contributed by atoms with Gasteiger partial charge in [-0.2, -0.15) is 4.98 Å². The summed E-state index contributed by atoms with van der Waals surface area (Å²) in [6.45, 7) is 3.82. The van der Waals surface area contributed by atoms with E-state index in [0.29, 0.717) is 11.5 Å². The molecule has 3 N–H and O–H groups in total. The van der Waals surface area contributed by atoms with Gasteiger partial charge in [0.05, 0.1) is 5.41 Å². The van der Waals surface area contributed by atoms with Gasteiger partial charge < -0.3 is 10.3 Å². The molecule has 1 aromatic carbocycles. The fourth-order valence-corrected chi connectivity index (χ4v) is 2.66. The van der Waals surface area contributed by atoms with E-state index in [0.717, 1.165) is 12.8 Å². The summed E-state index contributed by atoms with van der Waals surface area (Å²) in [5.74, 6) is 0.884. The van der Waals surface area contributed by atoms with E-state index in [2.05, 4.69) is 29.2 Å². The second-order valence-corrected chi connectivity index (χ2v) is 5.62. The number of benzene rings is 1. The minimum atomic E-state index is -0.144. The highest BCUT2D eigenvalue weighted by molar-refractivity contribution is 6.03. The zero-order valence-electron chi connectivity index (χ0n) is 12.2. The van der Waals surface area contributed by atoms with E-state index < -0.39 is 0 Å². The molecule has 0 aliphatic heterocycles. The highest BCUT2D eigenvalue weighted by Gasteiger charge is 2.50. The van der Waals surface area contributed by atoms with E-state index in [1.807, 2.05) is 12.1 Å². The smallest absolute Gasteiger partial charge is 0.275 e. The quantitative estimate of drug-likeness (QED) is 0.844. The summed E-state index contributed by atoms with van der Waals surface area (Å²) in [6, 6.07) is 8.28. The van der Waals surface area contributed by atoms with Crippen molar-refractivity contribution < 1.29 is 4.52 Å². The minimum absolute atomic E-state index is 0.144. The molecule has 1 aromatic heterocycles. The lowest BCUT2D eigenvalue weighted by Crippen LogP contribution is -2.13. The first-order chi connectivity index (χ1) is 10.0. The van der Waals surface area contributed by atoms with Gasteiger partial charge in [-0.05, 0) is 43.9 Å². The van der Waals surface area contributed by atoms with Crippen molar-refractivity contribution in [3.05, 3.63) is 58.9 Å². The van der Waals surface area contributed by atoms with Gasteiger partial charge in [0.1, 0.15) is 5.71 Å². The molecule has 3 rings (SSSR count). The van der Waals surface area contributed by atoms with Crippen molar-refractivity contribution in [1.29, 1.82) is 5.41 Å². The maximum atomic E-state index is 7.89. The normalized spacial score (nSPS) is 16.8. The van der Waals surface area contributed by atoms with Gasteiger partial charge in [0, 0.05) is 5.70 Å². The number of aryl methyl sites for hydroxylation is 1. The minimum Gasteiger partial charge on any atom is -0.402 e. The molecule has 5 nitrogen and oxygen atoms in total. The Morgan fingerprint density at radius 1 is 1.38 bits per heavy atom. The maximum Gasteiger partial charge on any atom is 0.275 e. The van der Waals surface area contributed by atoms with E-state index in [1.54, 1.807) is 6.92 Å². The number of rotatable bonds is 4. The van der Waals surface area contributed by atoms with Crippen LogP contribution >= 0.6 is 0 Å². The summed E-state index contributed by atoms with van der Waals surface area (Å²) in [5.41, 5.74) is 8.60. The van der Waals surface area contributed by atoms with Crippen LogP contribution in [0.2, 0.25) is 0 Å². The van der Waals surface area contributed by atoms with Crippen molar-refractivity contribution in [3.8, 4) is 0 Å². The van der Waals surface area contributed by atoms with E-state index in [-0.39, 0.29) is 17.0 Å². The molecule has 5 heteroatoms. The van der Waals surface area contributed by atoms with Crippen molar-refractivity contribution in [2.24, 2.45) is 5.73 Å².